The Morgan fingerprint density at radius 1 is 0.900 bits per heavy atom. The summed E-state index contributed by atoms with van der Waals surface area (Å²) in [5.74, 6) is 1.29. The van der Waals surface area contributed by atoms with Crippen LogP contribution in [-0.2, 0) is 12.8 Å². The summed E-state index contributed by atoms with van der Waals surface area (Å²) in [7, 11) is 0. The Morgan fingerprint density at radius 3 is 2.17 bits per heavy atom. The Labute approximate surface area is 186 Å². The zero-order valence-electron chi connectivity index (χ0n) is 20.4. The van der Waals surface area contributed by atoms with E-state index in [1.54, 1.807) is 0 Å². The maximum Gasteiger partial charge on any atom is 0.0697 e. The highest BCUT2D eigenvalue weighted by Crippen LogP contribution is 2.31. The van der Waals surface area contributed by atoms with E-state index in [0.717, 1.165) is 25.8 Å². The van der Waals surface area contributed by atoms with Crippen molar-refractivity contribution < 1.29 is 0 Å². The fraction of sp³-hybridized carbons (Fsp3) is 0.679. The second kappa shape index (κ2) is 13.7. The van der Waals surface area contributed by atoms with Gasteiger partial charge >= 0.3 is 0 Å². The molecule has 1 aliphatic carbocycles. The average molecular weight is 411 g/mol. The molecule has 0 spiro atoms. The third-order valence-electron chi connectivity index (χ3n) is 5.83. The highest BCUT2D eigenvalue weighted by atomic mass is 14.9. The first-order valence-corrected chi connectivity index (χ1v) is 12.6. The van der Waals surface area contributed by atoms with Crippen molar-refractivity contribution in [1.29, 1.82) is 0 Å². The Kier molecular flexibility index (Phi) is 11.3. The summed E-state index contributed by atoms with van der Waals surface area (Å²) < 4.78 is 0. The van der Waals surface area contributed by atoms with Crippen LogP contribution in [0.5, 0.6) is 0 Å². The molecule has 168 valence electrons. The number of para-hydroxylation sites is 1. The second-order valence-electron chi connectivity index (χ2n) is 9.88. The lowest BCUT2D eigenvalue weighted by molar-refractivity contribution is 0.594. The van der Waals surface area contributed by atoms with Crippen molar-refractivity contribution in [1.82, 2.24) is 5.32 Å². The SMILES string of the molecule is CCCCCCCCNC1=CCCCC1=Nc1c(CC(C)C)cccc1CC(C)C. The van der Waals surface area contributed by atoms with E-state index >= 15 is 0 Å². The highest BCUT2D eigenvalue weighted by Gasteiger charge is 2.16. The Morgan fingerprint density at radius 2 is 1.53 bits per heavy atom. The number of unbranched alkanes of at least 4 members (excludes halogenated alkanes) is 5. The van der Waals surface area contributed by atoms with E-state index in [-0.39, 0.29) is 0 Å². The van der Waals surface area contributed by atoms with Gasteiger partial charge in [-0.1, -0.05) is 91.0 Å². The number of nitrogens with one attached hydrogen (secondary N) is 1. The van der Waals surface area contributed by atoms with Crippen molar-refractivity contribution >= 4 is 11.4 Å². The molecule has 0 aromatic heterocycles. The van der Waals surface area contributed by atoms with Crippen LogP contribution in [0.4, 0.5) is 5.69 Å². The topological polar surface area (TPSA) is 24.4 Å². The van der Waals surface area contributed by atoms with Crippen LogP contribution >= 0.6 is 0 Å². The van der Waals surface area contributed by atoms with Gasteiger partial charge in [0, 0.05) is 6.54 Å². The largest absolute Gasteiger partial charge is 0.384 e. The van der Waals surface area contributed by atoms with Crippen LogP contribution in [0.3, 0.4) is 0 Å². The monoisotopic (exact) mass is 410 g/mol. The molecule has 0 fully saturated rings. The molecular weight excluding hydrogens is 364 g/mol. The van der Waals surface area contributed by atoms with Gasteiger partial charge in [0.2, 0.25) is 0 Å². The molecule has 0 heterocycles. The predicted molar refractivity (Wildman–Crippen MR) is 134 cm³/mol. The normalized spacial score (nSPS) is 15.8. The molecule has 2 heteroatoms. The van der Waals surface area contributed by atoms with Gasteiger partial charge in [0.1, 0.15) is 0 Å². The Hall–Kier alpha value is -1.57. The molecule has 2 nitrogen and oxygen atoms in total. The molecule has 0 saturated carbocycles. The quantitative estimate of drug-likeness (QED) is 0.326. The number of hydrogen-bond acceptors (Lipinski definition) is 2. The van der Waals surface area contributed by atoms with E-state index in [1.165, 1.54) is 79.6 Å². The summed E-state index contributed by atoms with van der Waals surface area (Å²) in [5.41, 5.74) is 6.65. The van der Waals surface area contributed by atoms with Crippen LogP contribution in [0, 0.1) is 11.8 Å². The van der Waals surface area contributed by atoms with E-state index in [4.69, 9.17) is 4.99 Å². The summed E-state index contributed by atoms with van der Waals surface area (Å²) >= 11 is 0. The van der Waals surface area contributed by atoms with Gasteiger partial charge in [-0.3, -0.25) is 4.99 Å². The smallest absolute Gasteiger partial charge is 0.0697 e. The number of allylic oxidation sites excluding steroid dienone is 2. The number of rotatable bonds is 13. The molecule has 2 rings (SSSR count). The third kappa shape index (κ3) is 8.66. The molecule has 1 aromatic carbocycles. The Bertz CT molecular complexity index is 654. The van der Waals surface area contributed by atoms with Crippen LogP contribution in [0.25, 0.3) is 0 Å². The first-order valence-electron chi connectivity index (χ1n) is 12.6. The Balaban J connectivity index is 2.13. The first-order chi connectivity index (χ1) is 14.5. The van der Waals surface area contributed by atoms with Crippen molar-refractivity contribution in [2.24, 2.45) is 16.8 Å². The zero-order valence-corrected chi connectivity index (χ0v) is 20.4. The van der Waals surface area contributed by atoms with Crippen molar-refractivity contribution in [3.8, 4) is 0 Å². The van der Waals surface area contributed by atoms with Crippen LogP contribution < -0.4 is 5.32 Å². The van der Waals surface area contributed by atoms with Crippen molar-refractivity contribution in [2.45, 2.75) is 105 Å². The molecule has 0 atom stereocenters. The van der Waals surface area contributed by atoms with E-state index in [2.05, 4.69) is 64.2 Å². The molecule has 0 saturated heterocycles. The van der Waals surface area contributed by atoms with Gasteiger partial charge in [-0.2, -0.15) is 0 Å². The van der Waals surface area contributed by atoms with Crippen molar-refractivity contribution in [3.63, 3.8) is 0 Å². The molecule has 1 N–H and O–H groups in total. The molecule has 0 radical (unpaired) electrons. The second-order valence-corrected chi connectivity index (χ2v) is 9.88. The highest BCUT2D eigenvalue weighted by molar-refractivity contribution is 6.02. The molecule has 0 bridgehead atoms. The van der Waals surface area contributed by atoms with E-state index in [0.29, 0.717) is 11.8 Å². The van der Waals surface area contributed by atoms with Crippen LogP contribution in [0.2, 0.25) is 0 Å². The minimum absolute atomic E-state index is 0.644. The molecular formula is C28H46N2. The van der Waals surface area contributed by atoms with E-state index in [1.807, 2.05) is 0 Å². The molecule has 30 heavy (non-hydrogen) atoms. The molecule has 1 aromatic rings. The summed E-state index contributed by atoms with van der Waals surface area (Å²) in [6.07, 6.45) is 16.1. The summed E-state index contributed by atoms with van der Waals surface area (Å²) in [6, 6.07) is 6.81. The van der Waals surface area contributed by atoms with Gasteiger partial charge < -0.3 is 5.32 Å². The average Bonchev–Trinajstić information content (AvgIpc) is 2.70. The van der Waals surface area contributed by atoms with Gasteiger partial charge in [0.05, 0.1) is 17.1 Å². The number of hydrogen-bond donors (Lipinski definition) is 1. The van der Waals surface area contributed by atoms with Gasteiger partial charge in [-0.15, -0.1) is 0 Å². The van der Waals surface area contributed by atoms with Gasteiger partial charge in [-0.05, 0) is 61.5 Å². The molecule has 0 aliphatic heterocycles. The van der Waals surface area contributed by atoms with Crippen molar-refractivity contribution in [2.75, 3.05) is 6.54 Å². The summed E-state index contributed by atoms with van der Waals surface area (Å²) in [5, 5.41) is 3.73. The maximum absolute atomic E-state index is 5.33. The fourth-order valence-electron chi connectivity index (χ4n) is 4.32. The predicted octanol–water partition coefficient (Wildman–Crippen LogP) is 8.17. The van der Waals surface area contributed by atoms with Crippen molar-refractivity contribution in [3.05, 3.63) is 41.1 Å². The zero-order chi connectivity index (χ0) is 21.8. The van der Waals surface area contributed by atoms with Crippen LogP contribution in [0.15, 0.2) is 35.0 Å². The molecule has 0 amide bonds. The minimum atomic E-state index is 0.644. The van der Waals surface area contributed by atoms with Crippen LogP contribution in [-0.4, -0.2) is 12.3 Å². The lowest BCUT2D eigenvalue weighted by Gasteiger charge is -2.20. The van der Waals surface area contributed by atoms with Gasteiger partial charge in [-0.25, -0.2) is 0 Å². The fourth-order valence-corrected chi connectivity index (χ4v) is 4.32. The standard InChI is InChI=1S/C28H46N2/c1-6-7-8-9-10-13-19-29-26-17-11-12-18-27(26)30-28-24(20-22(2)3)15-14-16-25(28)21-23(4)5/h14-17,22-23,29H,6-13,18-21H2,1-5H3. The first kappa shape index (κ1) is 24.7. The maximum atomic E-state index is 5.33. The summed E-state index contributed by atoms with van der Waals surface area (Å²) in [4.78, 5) is 5.33. The van der Waals surface area contributed by atoms with Crippen LogP contribution in [0.1, 0.15) is 104 Å². The number of aliphatic imine (C=N–C) groups is 1. The third-order valence-corrected chi connectivity index (χ3v) is 5.83. The lowest BCUT2D eigenvalue weighted by Crippen LogP contribution is -2.24. The van der Waals surface area contributed by atoms with Gasteiger partial charge in [0.25, 0.3) is 0 Å². The van der Waals surface area contributed by atoms with E-state index < -0.39 is 0 Å². The van der Waals surface area contributed by atoms with Gasteiger partial charge in [0.15, 0.2) is 0 Å². The lowest BCUT2D eigenvalue weighted by atomic mass is 9.94. The summed E-state index contributed by atoms with van der Waals surface area (Å²) in [6.45, 7) is 12.6. The molecule has 1 aliphatic rings. The number of nitrogens with zero attached hydrogens (tertiary/aromatic N) is 1. The molecule has 0 unspecified atom stereocenters. The van der Waals surface area contributed by atoms with E-state index in [9.17, 15) is 0 Å². The number of benzene rings is 1. The minimum Gasteiger partial charge on any atom is -0.384 e.